The van der Waals surface area contributed by atoms with E-state index in [0.717, 1.165) is 38.5 Å². The molecule has 0 aromatic rings. The van der Waals surface area contributed by atoms with Crippen LogP contribution < -0.4 is 0 Å². The summed E-state index contributed by atoms with van der Waals surface area (Å²) >= 11 is 0. The zero-order valence-corrected chi connectivity index (χ0v) is 14.5. The monoisotopic (exact) mass is 320 g/mol. The van der Waals surface area contributed by atoms with Crippen molar-refractivity contribution in [1.29, 1.82) is 0 Å². The average Bonchev–Trinajstić information content (AvgIpc) is 2.37. The van der Waals surface area contributed by atoms with Crippen LogP contribution in [0, 0.1) is 0 Å². The number of hydrogen-bond acceptors (Lipinski definition) is 2. The number of phosphoric ester groups is 1. The van der Waals surface area contributed by atoms with Crippen LogP contribution in [-0.4, -0.2) is 15.4 Å². The molecule has 0 unspecified atom stereocenters. The first kappa shape index (κ1) is 19.2. The van der Waals surface area contributed by atoms with Crippen molar-refractivity contribution in [3.05, 3.63) is 0 Å². The van der Waals surface area contributed by atoms with Gasteiger partial charge < -0.3 is 9.79 Å². The summed E-state index contributed by atoms with van der Waals surface area (Å²) < 4.78 is 16.3. The van der Waals surface area contributed by atoms with Crippen LogP contribution in [0.25, 0.3) is 0 Å². The van der Waals surface area contributed by atoms with Crippen LogP contribution in [-0.2, 0) is 9.09 Å². The van der Waals surface area contributed by atoms with Gasteiger partial charge >= 0.3 is 7.82 Å². The Kier molecular flexibility index (Phi) is 9.12. The van der Waals surface area contributed by atoms with Gasteiger partial charge in [0.1, 0.15) is 0 Å². The van der Waals surface area contributed by atoms with Gasteiger partial charge in [-0.25, -0.2) is 4.57 Å². The molecule has 0 aromatic carbocycles. The molecule has 0 amide bonds. The predicted octanol–water partition coefficient (Wildman–Crippen LogP) is 5.33. The van der Waals surface area contributed by atoms with E-state index in [1.54, 1.807) is 0 Å². The van der Waals surface area contributed by atoms with Gasteiger partial charge in [-0.15, -0.1) is 0 Å². The van der Waals surface area contributed by atoms with E-state index in [0.29, 0.717) is 0 Å². The zero-order valence-electron chi connectivity index (χ0n) is 13.6. The maximum Gasteiger partial charge on any atom is 0.470 e. The zero-order chi connectivity index (χ0) is 15.6. The van der Waals surface area contributed by atoms with E-state index in [9.17, 15) is 4.57 Å². The van der Waals surface area contributed by atoms with E-state index < -0.39 is 13.4 Å². The predicted molar refractivity (Wildman–Crippen MR) is 86.2 cm³/mol. The Morgan fingerprint density at radius 1 is 0.714 bits per heavy atom. The van der Waals surface area contributed by atoms with Crippen LogP contribution in [0.15, 0.2) is 0 Å². The normalized spacial score (nSPS) is 24.0. The Labute approximate surface area is 129 Å². The lowest BCUT2D eigenvalue weighted by atomic mass is 9.92. The van der Waals surface area contributed by atoms with Crippen molar-refractivity contribution in [2.24, 2.45) is 0 Å². The summed E-state index contributed by atoms with van der Waals surface area (Å²) in [6, 6.07) is 0. The second kappa shape index (κ2) is 9.99. The fraction of sp³-hybridized carbons (Fsp3) is 1.00. The molecule has 1 rings (SSSR count). The minimum Gasteiger partial charge on any atom is -0.303 e. The molecule has 0 bridgehead atoms. The molecule has 21 heavy (non-hydrogen) atoms. The van der Waals surface area contributed by atoms with Crippen molar-refractivity contribution < 1.29 is 18.9 Å². The Morgan fingerprint density at radius 3 is 1.29 bits per heavy atom. The number of phosphoric acid groups is 1. The molecule has 4 nitrogen and oxygen atoms in total. The molecule has 0 radical (unpaired) electrons. The van der Waals surface area contributed by atoms with Crippen molar-refractivity contribution >= 4 is 7.82 Å². The smallest absolute Gasteiger partial charge is 0.303 e. The minimum atomic E-state index is -4.40. The second-order valence-corrected chi connectivity index (χ2v) is 7.94. The molecule has 0 saturated heterocycles. The molecule has 0 heterocycles. The maximum atomic E-state index is 11.2. The van der Waals surface area contributed by atoms with Crippen LogP contribution in [0.5, 0.6) is 0 Å². The highest BCUT2D eigenvalue weighted by Gasteiger charge is 2.32. The largest absolute Gasteiger partial charge is 0.470 e. The first-order valence-corrected chi connectivity index (χ1v) is 10.2. The molecule has 0 aliphatic heterocycles. The van der Waals surface area contributed by atoms with Gasteiger partial charge in [0.15, 0.2) is 0 Å². The molecular weight excluding hydrogens is 287 g/mol. The molecule has 1 aliphatic rings. The summed E-state index contributed by atoms with van der Waals surface area (Å²) in [5.74, 6) is 0. The van der Waals surface area contributed by atoms with Crippen molar-refractivity contribution in [2.45, 2.75) is 102 Å². The van der Waals surface area contributed by atoms with Crippen LogP contribution in [0.1, 0.15) is 96.8 Å². The van der Waals surface area contributed by atoms with Gasteiger partial charge in [-0.05, 0) is 19.8 Å². The molecule has 0 atom stereocenters. The fourth-order valence-corrected chi connectivity index (χ4v) is 4.03. The Morgan fingerprint density at radius 2 is 1.00 bits per heavy atom. The Bertz CT molecular complexity index is 297. The lowest BCUT2D eigenvalue weighted by Gasteiger charge is -2.30. The molecule has 0 spiro atoms. The molecule has 0 aromatic heterocycles. The molecular formula is C16H33O4P. The van der Waals surface area contributed by atoms with Gasteiger partial charge in [0.25, 0.3) is 0 Å². The van der Waals surface area contributed by atoms with Gasteiger partial charge in [-0.2, -0.15) is 0 Å². The van der Waals surface area contributed by atoms with E-state index in [2.05, 4.69) is 0 Å². The van der Waals surface area contributed by atoms with Crippen molar-refractivity contribution in [3.63, 3.8) is 0 Å². The number of rotatable bonds is 2. The van der Waals surface area contributed by atoms with Crippen molar-refractivity contribution in [2.75, 3.05) is 0 Å². The van der Waals surface area contributed by atoms with Crippen LogP contribution in [0.3, 0.4) is 0 Å². The quantitative estimate of drug-likeness (QED) is 0.675. The fourth-order valence-electron chi connectivity index (χ4n) is 3.27. The molecule has 1 saturated carbocycles. The lowest BCUT2D eigenvalue weighted by Crippen LogP contribution is -2.27. The lowest BCUT2D eigenvalue weighted by molar-refractivity contribution is 0.0304. The molecule has 5 heteroatoms. The topological polar surface area (TPSA) is 66.8 Å². The molecule has 2 N–H and O–H groups in total. The van der Waals surface area contributed by atoms with Crippen molar-refractivity contribution in [3.8, 4) is 0 Å². The Balaban J connectivity index is 2.48. The standard InChI is InChI=1S/C16H33O4P/c1-16(20-21(17,18)19)14-12-10-8-6-4-2-3-5-7-9-11-13-15-16/h2-15H2,1H3,(H2,17,18,19). The summed E-state index contributed by atoms with van der Waals surface area (Å²) in [7, 11) is -4.40. The van der Waals surface area contributed by atoms with Crippen LogP contribution in [0.4, 0.5) is 0 Å². The average molecular weight is 320 g/mol. The van der Waals surface area contributed by atoms with Gasteiger partial charge in [-0.3, -0.25) is 4.52 Å². The third-order valence-corrected chi connectivity index (χ3v) is 5.18. The summed E-state index contributed by atoms with van der Waals surface area (Å²) in [4.78, 5) is 18.3. The van der Waals surface area contributed by atoms with Gasteiger partial charge in [0, 0.05) is 0 Å². The van der Waals surface area contributed by atoms with Crippen molar-refractivity contribution in [1.82, 2.24) is 0 Å². The molecule has 1 fully saturated rings. The molecule has 1 aliphatic carbocycles. The summed E-state index contributed by atoms with van der Waals surface area (Å²) in [5, 5.41) is 0. The van der Waals surface area contributed by atoms with E-state index in [1.807, 2.05) is 6.92 Å². The highest BCUT2D eigenvalue weighted by Crippen LogP contribution is 2.45. The SMILES string of the molecule is CC1(OP(=O)(O)O)CCCCCCCCCCCCCC1. The van der Waals surface area contributed by atoms with Crippen LogP contribution in [0.2, 0.25) is 0 Å². The van der Waals surface area contributed by atoms with E-state index in [1.165, 1.54) is 51.4 Å². The summed E-state index contributed by atoms with van der Waals surface area (Å²) in [5.41, 5.74) is -0.667. The first-order chi connectivity index (χ1) is 9.91. The highest BCUT2D eigenvalue weighted by atomic mass is 31.2. The van der Waals surface area contributed by atoms with Gasteiger partial charge in [0.2, 0.25) is 0 Å². The number of hydrogen-bond donors (Lipinski definition) is 2. The second-order valence-electron chi connectivity index (χ2n) is 6.77. The summed E-state index contributed by atoms with van der Waals surface area (Å²) in [6.07, 6.45) is 16.2. The van der Waals surface area contributed by atoms with E-state index in [-0.39, 0.29) is 0 Å². The highest BCUT2D eigenvalue weighted by molar-refractivity contribution is 7.46. The Hall–Kier alpha value is 0.110. The van der Waals surface area contributed by atoms with Gasteiger partial charge in [0.05, 0.1) is 5.60 Å². The third kappa shape index (κ3) is 10.5. The van der Waals surface area contributed by atoms with E-state index in [4.69, 9.17) is 14.3 Å². The maximum absolute atomic E-state index is 11.2. The minimum absolute atomic E-state index is 0.667. The first-order valence-electron chi connectivity index (χ1n) is 8.68. The van der Waals surface area contributed by atoms with Crippen LogP contribution >= 0.6 is 7.82 Å². The van der Waals surface area contributed by atoms with Gasteiger partial charge in [-0.1, -0.05) is 77.0 Å². The van der Waals surface area contributed by atoms with E-state index >= 15 is 0 Å². The summed E-state index contributed by atoms with van der Waals surface area (Å²) in [6.45, 7) is 1.87. The third-order valence-electron chi connectivity index (χ3n) is 4.50. The molecule has 126 valence electrons.